The molecule has 0 radical (unpaired) electrons. The number of piperazine rings is 1. The second-order valence-corrected chi connectivity index (χ2v) is 10.3. The summed E-state index contributed by atoms with van der Waals surface area (Å²) in [7, 11) is 0. The van der Waals surface area contributed by atoms with E-state index in [1.165, 1.54) is 10.6 Å². The van der Waals surface area contributed by atoms with Gasteiger partial charge in [0, 0.05) is 38.4 Å². The summed E-state index contributed by atoms with van der Waals surface area (Å²) in [4.78, 5) is 47.5. The maximum atomic E-state index is 14.3. The van der Waals surface area contributed by atoms with Crippen molar-refractivity contribution in [1.29, 1.82) is 0 Å². The number of benzene rings is 3. The van der Waals surface area contributed by atoms with Gasteiger partial charge in [-0.2, -0.15) is 0 Å². The molecule has 9 nitrogen and oxygen atoms in total. The number of rotatable bonds is 10. The molecule has 42 heavy (non-hydrogen) atoms. The lowest BCUT2D eigenvalue weighted by molar-refractivity contribution is -0.147. The number of hydrogen-bond acceptors (Lipinski definition) is 7. The summed E-state index contributed by atoms with van der Waals surface area (Å²) in [5.41, 5.74) is 0.796. The zero-order valence-corrected chi connectivity index (χ0v) is 24.5. The quantitative estimate of drug-likeness (QED) is 0.285. The number of carbonyl (C=O) groups is 3. The highest BCUT2D eigenvalue weighted by Gasteiger charge is 2.60. The van der Waals surface area contributed by atoms with Gasteiger partial charge in [-0.15, -0.1) is 12.4 Å². The summed E-state index contributed by atoms with van der Waals surface area (Å²) in [5.74, 6) is -1.21. The highest BCUT2D eigenvalue weighted by molar-refractivity contribution is 6.11. The van der Waals surface area contributed by atoms with E-state index in [1.807, 2.05) is 54.6 Å². The van der Waals surface area contributed by atoms with Gasteiger partial charge in [-0.05, 0) is 30.2 Å². The van der Waals surface area contributed by atoms with Crippen LogP contribution in [0.3, 0.4) is 0 Å². The molecule has 0 bridgehead atoms. The van der Waals surface area contributed by atoms with E-state index in [2.05, 4.69) is 21.9 Å². The SMILES string of the molecule is CCOC(=O)CN1C(=O)N(CC(O)CN2CCN(c3ccccc3)CC2)C(c2ccccc2)(c2ccccc2)C1=O.Cl. The molecule has 2 aliphatic heterocycles. The monoisotopic (exact) mass is 592 g/mol. The number of carbonyl (C=O) groups excluding carboxylic acids is 3. The fourth-order valence-corrected chi connectivity index (χ4v) is 5.85. The first kappa shape index (κ1) is 31.0. The highest BCUT2D eigenvalue weighted by atomic mass is 35.5. The molecule has 0 aliphatic carbocycles. The third-order valence-electron chi connectivity index (χ3n) is 7.75. The van der Waals surface area contributed by atoms with E-state index in [0.717, 1.165) is 31.1 Å². The van der Waals surface area contributed by atoms with E-state index >= 15 is 0 Å². The number of amides is 3. The lowest BCUT2D eigenvalue weighted by Gasteiger charge is -2.39. The minimum absolute atomic E-state index is 0. The fraction of sp³-hybridized carbons (Fsp3) is 0.344. The molecule has 0 aromatic heterocycles. The van der Waals surface area contributed by atoms with Crippen molar-refractivity contribution in [1.82, 2.24) is 14.7 Å². The number of esters is 1. The summed E-state index contributed by atoms with van der Waals surface area (Å²) < 4.78 is 5.07. The maximum absolute atomic E-state index is 14.3. The second-order valence-electron chi connectivity index (χ2n) is 10.3. The van der Waals surface area contributed by atoms with Crippen LogP contribution in [-0.2, 0) is 19.9 Å². The first-order valence-corrected chi connectivity index (χ1v) is 14.1. The molecule has 5 rings (SSSR count). The standard InChI is InChI=1S/C32H36N4O5.ClH/c1-2-41-29(38)24-35-30(39)32(25-12-6-3-7-13-25,26-14-8-4-9-15-26)36(31(35)40)23-28(37)22-33-18-20-34(21-19-33)27-16-10-5-11-17-27;/h3-17,28,37H,2,18-24H2,1H3;1H. The molecule has 1 atom stereocenters. The molecule has 1 unspecified atom stereocenters. The van der Waals surface area contributed by atoms with Gasteiger partial charge in [-0.3, -0.25) is 24.3 Å². The number of ether oxygens (including phenoxy) is 1. The van der Waals surface area contributed by atoms with E-state index < -0.39 is 36.1 Å². The third-order valence-corrected chi connectivity index (χ3v) is 7.75. The minimum Gasteiger partial charge on any atom is -0.465 e. The number of hydrogen-bond donors (Lipinski definition) is 1. The largest absolute Gasteiger partial charge is 0.465 e. The van der Waals surface area contributed by atoms with E-state index in [1.54, 1.807) is 31.2 Å². The van der Waals surface area contributed by atoms with Gasteiger partial charge in [0.05, 0.1) is 19.3 Å². The van der Waals surface area contributed by atoms with Crippen LogP contribution in [0.1, 0.15) is 18.1 Å². The Hall–Kier alpha value is -3.92. The normalized spacial score (nSPS) is 17.6. The first-order chi connectivity index (χ1) is 19.9. The van der Waals surface area contributed by atoms with Crippen LogP contribution in [0, 0.1) is 0 Å². The van der Waals surface area contributed by atoms with Crippen LogP contribution in [-0.4, -0.2) is 96.2 Å². The Morgan fingerprint density at radius 1 is 0.833 bits per heavy atom. The van der Waals surface area contributed by atoms with E-state index in [9.17, 15) is 19.5 Å². The van der Waals surface area contributed by atoms with Crippen molar-refractivity contribution >= 4 is 36.0 Å². The van der Waals surface area contributed by atoms with Gasteiger partial charge in [0.15, 0.2) is 5.54 Å². The summed E-state index contributed by atoms with van der Waals surface area (Å²) in [5, 5.41) is 11.4. The first-order valence-electron chi connectivity index (χ1n) is 14.1. The average Bonchev–Trinajstić information content (AvgIpc) is 3.20. The molecule has 10 heteroatoms. The molecule has 222 valence electrons. The van der Waals surface area contributed by atoms with Gasteiger partial charge in [0.2, 0.25) is 0 Å². The molecule has 3 aromatic carbocycles. The average molecular weight is 593 g/mol. The van der Waals surface area contributed by atoms with Crippen molar-refractivity contribution in [2.75, 3.05) is 57.3 Å². The van der Waals surface area contributed by atoms with Crippen LogP contribution in [0.4, 0.5) is 10.5 Å². The van der Waals surface area contributed by atoms with Crippen molar-refractivity contribution in [3.63, 3.8) is 0 Å². The van der Waals surface area contributed by atoms with Crippen molar-refractivity contribution in [3.8, 4) is 0 Å². The van der Waals surface area contributed by atoms with E-state index in [4.69, 9.17) is 4.74 Å². The Morgan fingerprint density at radius 3 is 1.88 bits per heavy atom. The van der Waals surface area contributed by atoms with Gasteiger partial charge in [-0.1, -0.05) is 78.9 Å². The van der Waals surface area contributed by atoms with Gasteiger partial charge in [0.1, 0.15) is 6.54 Å². The third kappa shape index (κ3) is 6.13. The molecule has 3 aromatic rings. The molecule has 3 amide bonds. The van der Waals surface area contributed by atoms with Gasteiger partial charge >= 0.3 is 12.0 Å². The fourth-order valence-electron chi connectivity index (χ4n) is 5.85. The predicted molar refractivity (Wildman–Crippen MR) is 162 cm³/mol. The Bertz CT molecular complexity index is 1300. The molecular weight excluding hydrogens is 556 g/mol. The number of β-amino-alcohol motifs (C(OH)–C–C–N with tert-alkyl or cyclic N) is 1. The zero-order valence-electron chi connectivity index (χ0n) is 23.7. The number of urea groups is 1. The number of halogens is 1. The Kier molecular flexibility index (Phi) is 10.2. The maximum Gasteiger partial charge on any atom is 0.328 e. The van der Waals surface area contributed by atoms with Gasteiger partial charge in [-0.25, -0.2) is 4.79 Å². The highest BCUT2D eigenvalue weighted by Crippen LogP contribution is 2.43. The number of aliphatic hydroxyl groups is 1. The lowest BCUT2D eigenvalue weighted by atomic mass is 9.81. The Labute approximate surface area is 252 Å². The molecule has 2 aliphatic rings. The topological polar surface area (TPSA) is 93.6 Å². The van der Waals surface area contributed by atoms with Crippen molar-refractivity contribution in [2.24, 2.45) is 0 Å². The summed E-state index contributed by atoms with van der Waals surface area (Å²) in [6.07, 6.45) is -0.927. The molecule has 0 spiro atoms. The number of nitrogens with zero attached hydrogens (tertiary/aromatic N) is 4. The number of anilines is 1. The smallest absolute Gasteiger partial charge is 0.328 e. The second kappa shape index (κ2) is 13.8. The van der Waals surface area contributed by atoms with Crippen LogP contribution >= 0.6 is 12.4 Å². The van der Waals surface area contributed by atoms with Crippen LogP contribution in [0.15, 0.2) is 91.0 Å². The van der Waals surface area contributed by atoms with Crippen molar-refractivity contribution in [3.05, 3.63) is 102 Å². The molecule has 2 saturated heterocycles. The van der Waals surface area contributed by atoms with Crippen molar-refractivity contribution in [2.45, 2.75) is 18.6 Å². The summed E-state index contributed by atoms with van der Waals surface area (Å²) in [6, 6.07) is 27.7. The van der Waals surface area contributed by atoms with Crippen molar-refractivity contribution < 1.29 is 24.2 Å². The van der Waals surface area contributed by atoms with Crippen LogP contribution in [0.2, 0.25) is 0 Å². The molecule has 2 heterocycles. The predicted octanol–water partition coefficient (Wildman–Crippen LogP) is 3.36. The van der Waals surface area contributed by atoms with Crippen LogP contribution in [0.25, 0.3) is 0 Å². The van der Waals surface area contributed by atoms with Gasteiger partial charge in [0.25, 0.3) is 5.91 Å². The zero-order chi connectivity index (χ0) is 28.8. The summed E-state index contributed by atoms with van der Waals surface area (Å²) >= 11 is 0. The lowest BCUT2D eigenvalue weighted by Crippen LogP contribution is -2.53. The Morgan fingerprint density at radius 2 is 1.36 bits per heavy atom. The molecule has 0 saturated carbocycles. The van der Waals surface area contributed by atoms with Gasteiger partial charge < -0.3 is 14.7 Å². The summed E-state index contributed by atoms with van der Waals surface area (Å²) in [6.45, 7) is 4.73. The van der Waals surface area contributed by atoms with Crippen LogP contribution in [0.5, 0.6) is 0 Å². The van der Waals surface area contributed by atoms with E-state index in [0.29, 0.717) is 17.7 Å². The number of aliphatic hydroxyl groups excluding tert-OH is 1. The molecule has 2 fully saturated rings. The minimum atomic E-state index is -1.54. The van der Waals surface area contributed by atoms with Crippen LogP contribution < -0.4 is 4.90 Å². The number of imide groups is 1. The van der Waals surface area contributed by atoms with E-state index in [-0.39, 0.29) is 25.6 Å². The Balaban J connectivity index is 0.00000405. The molecule has 1 N–H and O–H groups in total. The molecular formula is C32H37ClN4O5. The number of para-hydroxylation sites is 1.